The lowest BCUT2D eigenvalue weighted by Crippen LogP contribution is -2.31. The first-order chi connectivity index (χ1) is 8.61. The van der Waals surface area contributed by atoms with Crippen LogP contribution in [0.1, 0.15) is 36.7 Å². The van der Waals surface area contributed by atoms with Gasteiger partial charge < -0.3 is 15.8 Å². The van der Waals surface area contributed by atoms with Crippen molar-refractivity contribution in [2.24, 2.45) is 5.92 Å². The monoisotopic (exact) mass is 249 g/mol. The van der Waals surface area contributed by atoms with Crippen molar-refractivity contribution in [3.63, 3.8) is 0 Å². The Balaban J connectivity index is 2.12. The fraction of sp³-hybridized carbons (Fsp3) is 0.538. The fourth-order valence-corrected chi connectivity index (χ4v) is 2.08. The van der Waals surface area contributed by atoms with Crippen LogP contribution in [0.2, 0.25) is 0 Å². The highest BCUT2D eigenvalue weighted by Gasteiger charge is 2.24. The molecule has 98 valence electrons. The fourth-order valence-electron chi connectivity index (χ4n) is 2.08. The van der Waals surface area contributed by atoms with Gasteiger partial charge in [0, 0.05) is 6.04 Å². The zero-order valence-corrected chi connectivity index (χ0v) is 10.8. The number of nitrogens with one attached hydrogen (secondary N) is 1. The van der Waals surface area contributed by atoms with Gasteiger partial charge in [-0.15, -0.1) is 0 Å². The first kappa shape index (κ1) is 12.7. The van der Waals surface area contributed by atoms with Crippen molar-refractivity contribution in [1.82, 2.24) is 4.98 Å². The predicted octanol–water partition coefficient (Wildman–Crippen LogP) is 2.05. The van der Waals surface area contributed by atoms with Gasteiger partial charge in [0.1, 0.15) is 5.82 Å². The number of nitrogens with two attached hydrogens (primary N) is 1. The average Bonchev–Trinajstić information content (AvgIpc) is 2.28. The van der Waals surface area contributed by atoms with Crippen LogP contribution in [0, 0.1) is 5.92 Å². The van der Waals surface area contributed by atoms with Crippen molar-refractivity contribution >= 4 is 17.5 Å². The summed E-state index contributed by atoms with van der Waals surface area (Å²) in [6.45, 7) is 2.12. The van der Waals surface area contributed by atoms with Crippen LogP contribution in [0.15, 0.2) is 12.1 Å². The van der Waals surface area contributed by atoms with Crippen LogP contribution >= 0.6 is 0 Å². The van der Waals surface area contributed by atoms with Gasteiger partial charge in [-0.3, -0.25) is 0 Å². The normalized spacial score (nSPS) is 16.8. The van der Waals surface area contributed by atoms with E-state index in [4.69, 9.17) is 5.73 Å². The molecular weight excluding hydrogens is 230 g/mol. The minimum Gasteiger partial charge on any atom is -0.464 e. The summed E-state index contributed by atoms with van der Waals surface area (Å²) < 4.78 is 4.65. The van der Waals surface area contributed by atoms with E-state index < -0.39 is 5.97 Å². The Morgan fingerprint density at radius 1 is 1.56 bits per heavy atom. The molecule has 0 amide bonds. The number of pyridine rings is 1. The Hall–Kier alpha value is -1.78. The van der Waals surface area contributed by atoms with E-state index in [1.807, 2.05) is 0 Å². The first-order valence-corrected chi connectivity index (χ1v) is 6.23. The maximum absolute atomic E-state index is 11.4. The van der Waals surface area contributed by atoms with Crippen LogP contribution < -0.4 is 11.1 Å². The van der Waals surface area contributed by atoms with E-state index in [1.54, 1.807) is 12.1 Å². The van der Waals surface area contributed by atoms with Crippen molar-refractivity contribution in [3.8, 4) is 0 Å². The molecule has 2 rings (SSSR count). The Morgan fingerprint density at radius 3 is 2.83 bits per heavy atom. The largest absolute Gasteiger partial charge is 0.464 e. The summed E-state index contributed by atoms with van der Waals surface area (Å²) in [7, 11) is 1.34. The summed E-state index contributed by atoms with van der Waals surface area (Å²) in [5.74, 6) is 0.791. The van der Waals surface area contributed by atoms with Crippen LogP contribution in [-0.2, 0) is 4.74 Å². The van der Waals surface area contributed by atoms with Gasteiger partial charge in [-0.1, -0.05) is 6.42 Å². The molecular formula is C13H19N3O2. The minimum atomic E-state index is -0.450. The smallest absolute Gasteiger partial charge is 0.356 e. The number of aromatic nitrogens is 1. The van der Waals surface area contributed by atoms with Crippen LogP contribution in [0.4, 0.5) is 11.5 Å². The van der Waals surface area contributed by atoms with Gasteiger partial charge in [-0.2, -0.15) is 0 Å². The highest BCUT2D eigenvalue weighted by Crippen LogP contribution is 2.31. The molecule has 1 heterocycles. The SMILES string of the molecule is COC(=O)c1ccc(N)c(NC(C)C2CCC2)n1. The van der Waals surface area contributed by atoms with Crippen LogP contribution in [0.5, 0.6) is 0 Å². The van der Waals surface area contributed by atoms with Gasteiger partial charge in [-0.25, -0.2) is 9.78 Å². The van der Waals surface area contributed by atoms with E-state index in [0.717, 1.165) is 0 Å². The van der Waals surface area contributed by atoms with Crippen molar-refractivity contribution < 1.29 is 9.53 Å². The summed E-state index contributed by atoms with van der Waals surface area (Å²) in [6.07, 6.45) is 3.78. The Morgan fingerprint density at radius 2 is 2.28 bits per heavy atom. The van der Waals surface area contributed by atoms with Gasteiger partial charge in [0.2, 0.25) is 0 Å². The lowest BCUT2D eigenvalue weighted by molar-refractivity contribution is 0.0594. The van der Waals surface area contributed by atoms with E-state index in [9.17, 15) is 4.79 Å². The Bertz CT molecular complexity index is 444. The highest BCUT2D eigenvalue weighted by molar-refractivity contribution is 5.88. The molecule has 5 nitrogen and oxygen atoms in total. The Labute approximate surface area is 107 Å². The van der Waals surface area contributed by atoms with Crippen LogP contribution in [0.3, 0.4) is 0 Å². The molecule has 0 bridgehead atoms. The number of hydrogen-bond acceptors (Lipinski definition) is 5. The number of nitrogens with zero attached hydrogens (tertiary/aromatic N) is 1. The van der Waals surface area contributed by atoms with E-state index in [1.165, 1.54) is 26.4 Å². The van der Waals surface area contributed by atoms with Gasteiger partial charge in [-0.05, 0) is 37.8 Å². The molecule has 3 N–H and O–H groups in total. The number of nitrogen functional groups attached to an aromatic ring is 1. The van der Waals surface area contributed by atoms with Crippen LogP contribution in [0.25, 0.3) is 0 Å². The standard InChI is InChI=1S/C13H19N3O2/c1-8(9-4-3-5-9)15-12-10(14)6-7-11(16-12)13(17)18-2/h6-9H,3-5,14H2,1-2H3,(H,15,16). The van der Waals surface area contributed by atoms with Gasteiger partial charge in [0.15, 0.2) is 5.69 Å². The third-order valence-electron chi connectivity index (χ3n) is 3.54. The Kier molecular flexibility index (Phi) is 3.69. The number of carbonyl (C=O) groups is 1. The van der Waals surface area contributed by atoms with Gasteiger partial charge in [0.25, 0.3) is 0 Å². The van der Waals surface area contributed by atoms with Crippen molar-refractivity contribution in [2.75, 3.05) is 18.2 Å². The third kappa shape index (κ3) is 2.55. The van der Waals surface area contributed by atoms with Gasteiger partial charge >= 0.3 is 5.97 Å². The third-order valence-corrected chi connectivity index (χ3v) is 3.54. The molecule has 18 heavy (non-hydrogen) atoms. The number of ether oxygens (including phenoxy) is 1. The molecule has 1 fully saturated rings. The number of hydrogen-bond donors (Lipinski definition) is 2. The quantitative estimate of drug-likeness (QED) is 0.798. The second kappa shape index (κ2) is 5.25. The average molecular weight is 249 g/mol. The van der Waals surface area contributed by atoms with Crippen molar-refractivity contribution in [1.29, 1.82) is 0 Å². The molecule has 1 saturated carbocycles. The summed E-state index contributed by atoms with van der Waals surface area (Å²) in [4.78, 5) is 15.6. The molecule has 1 aromatic rings. The van der Waals surface area contributed by atoms with Gasteiger partial charge in [0.05, 0.1) is 12.8 Å². The molecule has 5 heteroatoms. The topological polar surface area (TPSA) is 77.2 Å². The molecule has 1 aliphatic carbocycles. The van der Waals surface area contributed by atoms with Crippen molar-refractivity contribution in [2.45, 2.75) is 32.2 Å². The molecule has 0 spiro atoms. The van der Waals surface area contributed by atoms with E-state index in [0.29, 0.717) is 23.5 Å². The number of anilines is 2. The molecule has 1 atom stereocenters. The van der Waals surface area contributed by atoms with Crippen LogP contribution in [-0.4, -0.2) is 24.1 Å². The predicted molar refractivity (Wildman–Crippen MR) is 70.4 cm³/mol. The number of esters is 1. The zero-order valence-electron chi connectivity index (χ0n) is 10.8. The molecule has 1 aliphatic rings. The first-order valence-electron chi connectivity index (χ1n) is 6.23. The zero-order chi connectivity index (χ0) is 13.1. The number of methoxy groups -OCH3 is 1. The highest BCUT2D eigenvalue weighted by atomic mass is 16.5. The number of carbonyl (C=O) groups excluding carboxylic acids is 1. The number of rotatable bonds is 4. The van der Waals surface area contributed by atoms with Crippen molar-refractivity contribution in [3.05, 3.63) is 17.8 Å². The molecule has 0 saturated heterocycles. The molecule has 0 radical (unpaired) electrons. The second-order valence-electron chi connectivity index (χ2n) is 4.75. The molecule has 0 aromatic carbocycles. The molecule has 1 aromatic heterocycles. The molecule has 0 aliphatic heterocycles. The van der Waals surface area contributed by atoms with E-state index >= 15 is 0 Å². The molecule has 1 unspecified atom stereocenters. The van der Waals surface area contributed by atoms with E-state index in [-0.39, 0.29) is 5.69 Å². The summed E-state index contributed by atoms with van der Waals surface area (Å²) in [5.41, 5.74) is 6.68. The summed E-state index contributed by atoms with van der Waals surface area (Å²) in [5, 5.41) is 3.29. The maximum Gasteiger partial charge on any atom is 0.356 e. The maximum atomic E-state index is 11.4. The summed E-state index contributed by atoms with van der Waals surface area (Å²) >= 11 is 0. The second-order valence-corrected chi connectivity index (χ2v) is 4.75. The lowest BCUT2D eigenvalue weighted by atomic mass is 9.80. The lowest BCUT2D eigenvalue weighted by Gasteiger charge is -2.32. The minimum absolute atomic E-state index is 0.273. The van der Waals surface area contributed by atoms with E-state index in [2.05, 4.69) is 22.0 Å². The summed E-state index contributed by atoms with van der Waals surface area (Å²) in [6, 6.07) is 3.57.